The van der Waals surface area contributed by atoms with E-state index in [1.54, 1.807) is 7.11 Å². The number of carbonyl (C=O) groups excluding carboxylic acids is 1. The molecular weight excluding hydrogens is 308 g/mol. The largest absolute Gasteiger partial charge is 0.497 e. The molecule has 2 rings (SSSR count). The number of ether oxygens (including phenoxy) is 1. The third kappa shape index (κ3) is 6.59. The quantitative estimate of drug-likeness (QED) is 0.836. The molecule has 4 nitrogen and oxygen atoms in total. The van der Waals surface area contributed by atoms with Crippen LogP contribution in [0.15, 0.2) is 24.3 Å². The lowest BCUT2D eigenvalue weighted by Crippen LogP contribution is -2.41. The molecule has 1 aromatic rings. The average molecular weight is 331 g/mol. The highest BCUT2D eigenvalue weighted by Gasteiger charge is 2.16. The van der Waals surface area contributed by atoms with Gasteiger partial charge in [0.2, 0.25) is 5.91 Å². The summed E-state index contributed by atoms with van der Waals surface area (Å²) in [4.78, 5) is 11.8. The number of carbonyl (C=O) groups is 1. The number of halogens is 1. The first kappa shape index (κ1) is 18.1. The Bertz CT molecular complexity index is 439. The molecular formula is C15H23ClN2O2S. The fourth-order valence-corrected chi connectivity index (χ4v) is 3.17. The number of thioether (sulfide) groups is 1. The van der Waals surface area contributed by atoms with Crippen LogP contribution in [0.5, 0.6) is 5.75 Å². The van der Waals surface area contributed by atoms with E-state index in [9.17, 15) is 4.79 Å². The van der Waals surface area contributed by atoms with E-state index < -0.39 is 0 Å². The molecule has 21 heavy (non-hydrogen) atoms. The van der Waals surface area contributed by atoms with Crippen LogP contribution in [-0.2, 0) is 11.2 Å². The monoisotopic (exact) mass is 330 g/mol. The third-order valence-corrected chi connectivity index (χ3v) is 4.43. The summed E-state index contributed by atoms with van der Waals surface area (Å²) >= 11 is 1.91. The molecule has 118 valence electrons. The Morgan fingerprint density at radius 2 is 2.38 bits per heavy atom. The Labute approximate surface area is 136 Å². The summed E-state index contributed by atoms with van der Waals surface area (Å²) in [6, 6.07) is 8.28. The van der Waals surface area contributed by atoms with Gasteiger partial charge in [0.15, 0.2) is 0 Å². The maximum Gasteiger partial charge on any atom is 0.221 e. The fraction of sp³-hybridized carbons (Fsp3) is 0.533. The highest BCUT2D eigenvalue weighted by Crippen LogP contribution is 2.13. The molecule has 0 saturated carbocycles. The minimum absolute atomic E-state index is 0. The molecule has 1 aromatic carbocycles. The molecule has 1 atom stereocenters. The van der Waals surface area contributed by atoms with Crippen molar-refractivity contribution in [1.82, 2.24) is 10.6 Å². The van der Waals surface area contributed by atoms with Crippen molar-refractivity contribution >= 4 is 30.1 Å². The zero-order chi connectivity index (χ0) is 14.2. The number of hydrogen-bond acceptors (Lipinski definition) is 4. The first-order valence-electron chi connectivity index (χ1n) is 6.98. The van der Waals surface area contributed by atoms with Crippen LogP contribution in [0.2, 0.25) is 0 Å². The summed E-state index contributed by atoms with van der Waals surface area (Å²) in [6.45, 7) is 1.68. The number of benzene rings is 1. The summed E-state index contributed by atoms with van der Waals surface area (Å²) < 4.78 is 5.18. The van der Waals surface area contributed by atoms with Crippen molar-refractivity contribution in [2.24, 2.45) is 0 Å². The van der Waals surface area contributed by atoms with Gasteiger partial charge in [0, 0.05) is 37.1 Å². The number of nitrogens with one attached hydrogen (secondary N) is 2. The lowest BCUT2D eigenvalue weighted by molar-refractivity contribution is -0.121. The second kappa shape index (κ2) is 9.92. The smallest absolute Gasteiger partial charge is 0.221 e. The first-order chi connectivity index (χ1) is 9.78. The molecule has 0 aromatic heterocycles. The van der Waals surface area contributed by atoms with E-state index in [-0.39, 0.29) is 18.3 Å². The van der Waals surface area contributed by atoms with Crippen LogP contribution in [0.3, 0.4) is 0 Å². The van der Waals surface area contributed by atoms with Crippen LogP contribution in [-0.4, -0.2) is 43.7 Å². The van der Waals surface area contributed by atoms with Gasteiger partial charge in [-0.1, -0.05) is 12.1 Å². The summed E-state index contributed by atoms with van der Waals surface area (Å²) in [5, 5.41) is 6.36. The Morgan fingerprint density at radius 1 is 1.52 bits per heavy atom. The van der Waals surface area contributed by atoms with Crippen LogP contribution in [0.25, 0.3) is 0 Å². The van der Waals surface area contributed by atoms with Crippen molar-refractivity contribution in [2.45, 2.75) is 18.9 Å². The SMILES string of the molecule is COc1cccc(CCNC(=O)CC2CSCCN2)c1.Cl. The van der Waals surface area contributed by atoms with Gasteiger partial charge in [-0.3, -0.25) is 4.79 Å². The lowest BCUT2D eigenvalue weighted by Gasteiger charge is -2.22. The highest BCUT2D eigenvalue weighted by atomic mass is 35.5. The number of rotatable bonds is 6. The predicted octanol–water partition coefficient (Wildman–Crippen LogP) is 1.87. The molecule has 1 saturated heterocycles. The van der Waals surface area contributed by atoms with E-state index in [4.69, 9.17) is 4.74 Å². The second-order valence-corrected chi connectivity index (χ2v) is 6.03. The normalized spacial score (nSPS) is 17.7. The average Bonchev–Trinajstić information content (AvgIpc) is 2.48. The first-order valence-corrected chi connectivity index (χ1v) is 8.14. The van der Waals surface area contributed by atoms with Crippen LogP contribution in [0.4, 0.5) is 0 Å². The van der Waals surface area contributed by atoms with E-state index in [1.165, 1.54) is 5.56 Å². The van der Waals surface area contributed by atoms with Crippen molar-refractivity contribution in [3.05, 3.63) is 29.8 Å². The molecule has 0 aliphatic carbocycles. The van der Waals surface area contributed by atoms with Gasteiger partial charge in [-0.15, -0.1) is 12.4 Å². The van der Waals surface area contributed by atoms with Gasteiger partial charge in [0.05, 0.1) is 7.11 Å². The summed E-state index contributed by atoms with van der Waals surface area (Å²) in [7, 11) is 1.66. The maximum absolute atomic E-state index is 11.8. The van der Waals surface area contributed by atoms with Crippen molar-refractivity contribution in [2.75, 3.05) is 31.7 Å². The molecule has 1 aliphatic rings. The van der Waals surface area contributed by atoms with Gasteiger partial charge >= 0.3 is 0 Å². The topological polar surface area (TPSA) is 50.4 Å². The maximum atomic E-state index is 11.8. The minimum Gasteiger partial charge on any atom is -0.497 e. The minimum atomic E-state index is 0. The molecule has 6 heteroatoms. The van der Waals surface area contributed by atoms with E-state index >= 15 is 0 Å². The molecule has 0 radical (unpaired) electrons. The molecule has 1 heterocycles. The van der Waals surface area contributed by atoms with Gasteiger partial charge in [-0.2, -0.15) is 11.8 Å². The Morgan fingerprint density at radius 3 is 3.10 bits per heavy atom. The van der Waals surface area contributed by atoms with Gasteiger partial charge in [-0.25, -0.2) is 0 Å². The van der Waals surface area contributed by atoms with Crippen LogP contribution in [0, 0.1) is 0 Å². The van der Waals surface area contributed by atoms with Crippen molar-refractivity contribution in [3.8, 4) is 5.75 Å². The number of hydrogen-bond donors (Lipinski definition) is 2. The molecule has 1 fully saturated rings. The summed E-state index contributed by atoms with van der Waals surface area (Å²) in [5.74, 6) is 3.17. The molecule has 1 aliphatic heterocycles. The Kier molecular flexibility index (Phi) is 8.57. The van der Waals surface area contributed by atoms with Crippen LogP contribution < -0.4 is 15.4 Å². The van der Waals surface area contributed by atoms with E-state index in [0.717, 1.165) is 30.2 Å². The van der Waals surface area contributed by atoms with Crippen molar-refractivity contribution in [1.29, 1.82) is 0 Å². The van der Waals surface area contributed by atoms with Gasteiger partial charge in [0.25, 0.3) is 0 Å². The zero-order valence-corrected chi connectivity index (χ0v) is 13.9. The van der Waals surface area contributed by atoms with Gasteiger partial charge in [-0.05, 0) is 24.1 Å². The number of methoxy groups -OCH3 is 1. The zero-order valence-electron chi connectivity index (χ0n) is 12.3. The number of amides is 1. The fourth-order valence-electron chi connectivity index (χ4n) is 2.22. The second-order valence-electron chi connectivity index (χ2n) is 4.88. The summed E-state index contributed by atoms with van der Waals surface area (Å²) in [6.07, 6.45) is 1.40. The molecule has 0 bridgehead atoms. The van der Waals surface area contributed by atoms with E-state index in [2.05, 4.69) is 10.6 Å². The van der Waals surface area contributed by atoms with E-state index in [1.807, 2.05) is 36.0 Å². The van der Waals surface area contributed by atoms with Gasteiger partial charge < -0.3 is 15.4 Å². The van der Waals surface area contributed by atoms with Crippen molar-refractivity contribution < 1.29 is 9.53 Å². The van der Waals surface area contributed by atoms with Gasteiger partial charge in [0.1, 0.15) is 5.75 Å². The lowest BCUT2D eigenvalue weighted by atomic mass is 10.1. The van der Waals surface area contributed by atoms with Crippen LogP contribution >= 0.6 is 24.2 Å². The molecule has 2 N–H and O–H groups in total. The molecule has 0 spiro atoms. The van der Waals surface area contributed by atoms with E-state index in [0.29, 0.717) is 19.0 Å². The molecule has 1 amide bonds. The summed E-state index contributed by atoms with van der Waals surface area (Å²) in [5.41, 5.74) is 1.18. The Hall–Kier alpha value is -0.910. The standard InChI is InChI=1S/C15H22N2O2S.ClH/c1-19-14-4-2-3-12(9-14)5-6-17-15(18)10-13-11-20-8-7-16-13;/h2-4,9,13,16H,5-8,10-11H2,1H3,(H,17,18);1H. The third-order valence-electron chi connectivity index (χ3n) is 3.30. The van der Waals surface area contributed by atoms with Crippen molar-refractivity contribution in [3.63, 3.8) is 0 Å². The van der Waals surface area contributed by atoms with Crippen LogP contribution in [0.1, 0.15) is 12.0 Å². The molecule has 1 unspecified atom stereocenters. The highest BCUT2D eigenvalue weighted by molar-refractivity contribution is 7.99. The Balaban J connectivity index is 0.00000220. The predicted molar refractivity (Wildman–Crippen MR) is 90.7 cm³/mol.